The SMILES string of the molecule is N=C(N)c1ccc(O)c(F)c1F. The molecule has 1 aromatic rings. The van der Waals surface area contributed by atoms with Gasteiger partial charge in [-0.25, -0.2) is 4.39 Å². The van der Waals surface area contributed by atoms with E-state index in [1.165, 1.54) is 0 Å². The molecule has 0 bridgehead atoms. The van der Waals surface area contributed by atoms with Crippen LogP contribution >= 0.6 is 0 Å². The highest BCUT2D eigenvalue weighted by molar-refractivity contribution is 5.95. The van der Waals surface area contributed by atoms with E-state index in [9.17, 15) is 8.78 Å². The number of benzene rings is 1. The van der Waals surface area contributed by atoms with Crippen molar-refractivity contribution >= 4 is 5.84 Å². The number of nitrogen functional groups attached to an aromatic ring is 1. The lowest BCUT2D eigenvalue weighted by Crippen LogP contribution is -2.13. The van der Waals surface area contributed by atoms with E-state index in [1.807, 2.05) is 0 Å². The van der Waals surface area contributed by atoms with Crippen LogP contribution in [0.4, 0.5) is 8.78 Å². The normalized spacial score (nSPS) is 9.83. The zero-order valence-electron chi connectivity index (χ0n) is 5.94. The molecule has 0 saturated heterocycles. The van der Waals surface area contributed by atoms with Crippen LogP contribution in [-0.4, -0.2) is 10.9 Å². The highest BCUT2D eigenvalue weighted by atomic mass is 19.2. The van der Waals surface area contributed by atoms with Crippen LogP contribution in [-0.2, 0) is 0 Å². The Bertz CT molecular complexity index is 338. The average Bonchev–Trinajstić information content (AvgIpc) is 2.00. The molecule has 1 rings (SSSR count). The molecule has 0 radical (unpaired) electrons. The van der Waals surface area contributed by atoms with Crippen LogP contribution in [0.3, 0.4) is 0 Å². The lowest BCUT2D eigenvalue weighted by atomic mass is 10.2. The molecule has 1 aromatic carbocycles. The highest BCUT2D eigenvalue weighted by Crippen LogP contribution is 2.20. The number of halogens is 2. The third-order valence-corrected chi connectivity index (χ3v) is 1.35. The number of hydrogen-bond donors (Lipinski definition) is 3. The first-order chi connectivity index (χ1) is 5.54. The van der Waals surface area contributed by atoms with Crippen molar-refractivity contribution in [2.45, 2.75) is 0 Å². The van der Waals surface area contributed by atoms with E-state index in [4.69, 9.17) is 16.2 Å². The van der Waals surface area contributed by atoms with Gasteiger partial charge in [-0.3, -0.25) is 5.41 Å². The van der Waals surface area contributed by atoms with Crippen LogP contribution in [0.2, 0.25) is 0 Å². The first-order valence-electron chi connectivity index (χ1n) is 3.05. The van der Waals surface area contributed by atoms with Crippen molar-refractivity contribution in [3.8, 4) is 5.75 Å². The summed E-state index contributed by atoms with van der Waals surface area (Å²) in [5.41, 5.74) is 4.57. The molecule has 0 aliphatic carbocycles. The Labute approximate surface area is 66.9 Å². The fourth-order valence-electron chi connectivity index (χ4n) is 0.747. The van der Waals surface area contributed by atoms with Gasteiger partial charge in [0.2, 0.25) is 5.82 Å². The maximum absolute atomic E-state index is 12.8. The van der Waals surface area contributed by atoms with Crippen molar-refractivity contribution in [2.24, 2.45) is 5.73 Å². The Balaban J connectivity index is 3.36. The molecule has 0 heterocycles. The van der Waals surface area contributed by atoms with E-state index in [-0.39, 0.29) is 5.56 Å². The number of rotatable bonds is 1. The van der Waals surface area contributed by atoms with Crippen molar-refractivity contribution < 1.29 is 13.9 Å². The van der Waals surface area contributed by atoms with Gasteiger partial charge in [0, 0.05) is 0 Å². The van der Waals surface area contributed by atoms with Gasteiger partial charge in [0.15, 0.2) is 11.6 Å². The maximum atomic E-state index is 12.8. The van der Waals surface area contributed by atoms with Crippen LogP contribution in [0.5, 0.6) is 5.75 Å². The first-order valence-corrected chi connectivity index (χ1v) is 3.05. The number of hydrogen-bond acceptors (Lipinski definition) is 2. The summed E-state index contributed by atoms with van der Waals surface area (Å²) in [7, 11) is 0. The van der Waals surface area contributed by atoms with E-state index < -0.39 is 23.2 Å². The predicted octanol–water partition coefficient (Wildman–Crippen LogP) is 0.954. The molecule has 0 atom stereocenters. The second kappa shape index (κ2) is 2.77. The molecule has 0 aliphatic heterocycles. The Morgan fingerprint density at radius 2 is 1.92 bits per heavy atom. The topological polar surface area (TPSA) is 70.1 Å². The van der Waals surface area contributed by atoms with Crippen LogP contribution in [0.25, 0.3) is 0 Å². The summed E-state index contributed by atoms with van der Waals surface area (Å²) in [6, 6.07) is 1.98. The van der Waals surface area contributed by atoms with Gasteiger partial charge in [0.25, 0.3) is 0 Å². The van der Waals surface area contributed by atoms with Gasteiger partial charge in [-0.05, 0) is 12.1 Å². The van der Waals surface area contributed by atoms with Crippen molar-refractivity contribution in [3.63, 3.8) is 0 Å². The van der Waals surface area contributed by atoms with Crippen LogP contribution in [0.1, 0.15) is 5.56 Å². The fraction of sp³-hybridized carbons (Fsp3) is 0. The van der Waals surface area contributed by atoms with E-state index >= 15 is 0 Å². The summed E-state index contributed by atoms with van der Waals surface area (Å²) in [6.45, 7) is 0. The molecule has 64 valence electrons. The Morgan fingerprint density at radius 1 is 1.33 bits per heavy atom. The largest absolute Gasteiger partial charge is 0.505 e. The lowest BCUT2D eigenvalue weighted by molar-refractivity contribution is 0.406. The fourth-order valence-corrected chi connectivity index (χ4v) is 0.747. The second-order valence-corrected chi connectivity index (χ2v) is 2.17. The Morgan fingerprint density at radius 3 is 2.42 bits per heavy atom. The van der Waals surface area contributed by atoms with E-state index in [1.54, 1.807) is 0 Å². The van der Waals surface area contributed by atoms with Gasteiger partial charge in [-0.1, -0.05) is 0 Å². The summed E-state index contributed by atoms with van der Waals surface area (Å²) in [4.78, 5) is 0. The number of nitrogens with one attached hydrogen (secondary N) is 1. The number of aromatic hydroxyl groups is 1. The minimum Gasteiger partial charge on any atom is -0.505 e. The third kappa shape index (κ3) is 1.20. The van der Waals surface area contributed by atoms with Crippen molar-refractivity contribution in [2.75, 3.05) is 0 Å². The monoisotopic (exact) mass is 172 g/mol. The minimum atomic E-state index is -1.39. The molecule has 0 fully saturated rings. The number of amidine groups is 1. The summed E-state index contributed by atoms with van der Waals surface area (Å²) in [6.07, 6.45) is 0. The molecule has 0 aromatic heterocycles. The summed E-state index contributed by atoms with van der Waals surface area (Å²) >= 11 is 0. The molecular weight excluding hydrogens is 166 g/mol. The summed E-state index contributed by atoms with van der Waals surface area (Å²) < 4.78 is 25.3. The number of nitrogens with two attached hydrogens (primary N) is 1. The standard InChI is InChI=1S/C7H6F2N2O/c8-5-3(7(10)11)1-2-4(12)6(5)9/h1-2,12H,(H3,10,11). The van der Waals surface area contributed by atoms with Crippen LogP contribution < -0.4 is 5.73 Å². The van der Waals surface area contributed by atoms with Crippen molar-refractivity contribution in [1.29, 1.82) is 5.41 Å². The minimum absolute atomic E-state index is 0.356. The van der Waals surface area contributed by atoms with Gasteiger partial charge in [0.1, 0.15) is 5.84 Å². The van der Waals surface area contributed by atoms with Gasteiger partial charge in [-0.15, -0.1) is 0 Å². The zero-order valence-corrected chi connectivity index (χ0v) is 5.94. The molecule has 0 amide bonds. The molecule has 0 spiro atoms. The molecule has 12 heavy (non-hydrogen) atoms. The molecule has 5 heteroatoms. The summed E-state index contributed by atoms with van der Waals surface area (Å²) in [5, 5.41) is 15.5. The third-order valence-electron chi connectivity index (χ3n) is 1.35. The quantitative estimate of drug-likeness (QED) is 0.436. The van der Waals surface area contributed by atoms with Gasteiger partial charge >= 0.3 is 0 Å². The Kier molecular flexibility index (Phi) is 1.95. The molecule has 0 saturated carbocycles. The lowest BCUT2D eigenvalue weighted by Gasteiger charge is -2.01. The molecule has 4 N–H and O–H groups in total. The van der Waals surface area contributed by atoms with E-state index in [0.717, 1.165) is 12.1 Å². The van der Waals surface area contributed by atoms with Crippen molar-refractivity contribution in [1.82, 2.24) is 0 Å². The Hall–Kier alpha value is -1.65. The second-order valence-electron chi connectivity index (χ2n) is 2.17. The zero-order chi connectivity index (χ0) is 9.30. The van der Waals surface area contributed by atoms with Crippen LogP contribution in [0, 0.1) is 17.0 Å². The van der Waals surface area contributed by atoms with Gasteiger partial charge in [-0.2, -0.15) is 4.39 Å². The number of phenols is 1. The molecular formula is C7H6F2N2O. The predicted molar refractivity (Wildman–Crippen MR) is 39.0 cm³/mol. The summed E-state index contributed by atoms with van der Waals surface area (Å²) in [5.74, 6) is -4.06. The average molecular weight is 172 g/mol. The van der Waals surface area contributed by atoms with Gasteiger partial charge < -0.3 is 10.8 Å². The van der Waals surface area contributed by atoms with Crippen molar-refractivity contribution in [3.05, 3.63) is 29.3 Å². The number of phenolic OH excluding ortho intramolecular Hbond substituents is 1. The van der Waals surface area contributed by atoms with Gasteiger partial charge in [0.05, 0.1) is 5.56 Å². The molecule has 0 aliphatic rings. The van der Waals surface area contributed by atoms with E-state index in [0.29, 0.717) is 0 Å². The maximum Gasteiger partial charge on any atom is 0.201 e. The smallest absolute Gasteiger partial charge is 0.201 e. The molecule has 0 unspecified atom stereocenters. The first kappa shape index (κ1) is 8.45. The van der Waals surface area contributed by atoms with Crippen LogP contribution in [0.15, 0.2) is 12.1 Å². The highest BCUT2D eigenvalue weighted by Gasteiger charge is 2.13. The van der Waals surface area contributed by atoms with E-state index in [2.05, 4.69) is 0 Å². The molecule has 3 nitrogen and oxygen atoms in total.